The molecule has 0 atom stereocenters. The molecule has 2 aromatic carbocycles. The number of phenols is 1. The van der Waals surface area contributed by atoms with Crippen molar-refractivity contribution in [2.75, 3.05) is 0 Å². The molecule has 0 radical (unpaired) electrons. The molecule has 32 heavy (non-hydrogen) atoms. The van der Waals surface area contributed by atoms with Crippen LogP contribution in [0.25, 0.3) is 33.1 Å². The molecule has 1 N–H and O–H groups in total. The highest BCUT2D eigenvalue weighted by Gasteiger charge is 2.26. The second-order valence-electron chi connectivity index (χ2n) is 10.5. The van der Waals surface area contributed by atoms with Gasteiger partial charge in [-0.1, -0.05) is 47.6 Å². The lowest BCUT2D eigenvalue weighted by molar-refractivity contribution is 0.446. The fourth-order valence-corrected chi connectivity index (χ4v) is 3.87. The Kier molecular flexibility index (Phi) is 4.85. The smallest absolute Gasteiger partial charge is 0.344 e. The van der Waals surface area contributed by atoms with Crippen LogP contribution in [0.4, 0.5) is 0 Å². The van der Waals surface area contributed by atoms with E-state index in [0.717, 1.165) is 11.1 Å². The number of phenolic OH excluding ortho intramolecular Hbond substituents is 1. The maximum absolute atomic E-state index is 13.0. The molecule has 0 aliphatic carbocycles. The summed E-state index contributed by atoms with van der Waals surface area (Å²) in [6.07, 6.45) is 0. The molecule has 4 aromatic rings. The van der Waals surface area contributed by atoms with E-state index in [0.29, 0.717) is 33.1 Å². The average Bonchev–Trinajstić information content (AvgIpc) is 2.66. The lowest BCUT2D eigenvalue weighted by atomic mass is 9.78. The van der Waals surface area contributed by atoms with Crippen LogP contribution in [-0.2, 0) is 10.8 Å². The number of fused-ring (bicyclic) bond motifs is 2. The van der Waals surface area contributed by atoms with E-state index in [1.54, 1.807) is 31.2 Å². The Balaban J connectivity index is 2.05. The van der Waals surface area contributed by atoms with E-state index in [4.69, 9.17) is 8.83 Å². The number of hydrogen-bond acceptors (Lipinski definition) is 5. The Labute approximate surface area is 186 Å². The van der Waals surface area contributed by atoms with Crippen LogP contribution in [0.3, 0.4) is 0 Å². The molecule has 0 aliphatic rings. The summed E-state index contributed by atoms with van der Waals surface area (Å²) >= 11 is 0. The van der Waals surface area contributed by atoms with Crippen molar-refractivity contribution in [1.82, 2.24) is 0 Å². The van der Waals surface area contributed by atoms with Gasteiger partial charge in [0.25, 0.3) is 0 Å². The third kappa shape index (κ3) is 3.72. The van der Waals surface area contributed by atoms with Crippen LogP contribution >= 0.6 is 0 Å². The lowest BCUT2D eigenvalue weighted by Gasteiger charge is -2.27. The third-order valence-electron chi connectivity index (χ3n) is 5.84. The number of aromatic hydroxyl groups is 1. The number of aryl methyl sites for hydroxylation is 1. The maximum Gasteiger partial charge on any atom is 0.344 e. The topological polar surface area (TPSA) is 80.7 Å². The Bertz CT molecular complexity index is 1490. The van der Waals surface area contributed by atoms with Gasteiger partial charge in [0.05, 0.1) is 5.56 Å². The molecule has 0 saturated heterocycles. The first kappa shape index (κ1) is 21.9. The summed E-state index contributed by atoms with van der Waals surface area (Å²) in [4.78, 5) is 25.0. The molecule has 0 spiro atoms. The predicted molar refractivity (Wildman–Crippen MR) is 128 cm³/mol. The summed E-state index contributed by atoms with van der Waals surface area (Å²) in [5, 5.41) is 12.4. The molecule has 166 valence electrons. The van der Waals surface area contributed by atoms with E-state index in [9.17, 15) is 14.7 Å². The first-order valence-electron chi connectivity index (χ1n) is 10.7. The second-order valence-corrected chi connectivity index (χ2v) is 10.5. The van der Waals surface area contributed by atoms with Gasteiger partial charge in [-0.15, -0.1) is 0 Å². The molecule has 0 aliphatic heterocycles. The molecule has 5 nitrogen and oxygen atoms in total. The van der Waals surface area contributed by atoms with Crippen molar-refractivity contribution in [3.05, 3.63) is 73.9 Å². The highest BCUT2D eigenvalue weighted by molar-refractivity contribution is 5.94. The highest BCUT2D eigenvalue weighted by Crippen LogP contribution is 2.41. The van der Waals surface area contributed by atoms with Gasteiger partial charge in [-0.2, -0.15) is 0 Å². The number of benzene rings is 2. The predicted octanol–water partition coefficient (Wildman–Crippen LogP) is 6.18. The van der Waals surface area contributed by atoms with Gasteiger partial charge in [-0.3, -0.25) is 0 Å². The Morgan fingerprint density at radius 3 is 1.81 bits per heavy atom. The van der Waals surface area contributed by atoms with Gasteiger partial charge < -0.3 is 13.9 Å². The zero-order chi connectivity index (χ0) is 23.6. The zero-order valence-electron chi connectivity index (χ0n) is 19.5. The van der Waals surface area contributed by atoms with E-state index in [1.807, 2.05) is 32.9 Å². The van der Waals surface area contributed by atoms with Gasteiger partial charge in [0, 0.05) is 27.5 Å². The van der Waals surface area contributed by atoms with Crippen molar-refractivity contribution in [2.45, 2.75) is 59.3 Å². The van der Waals surface area contributed by atoms with E-state index in [2.05, 4.69) is 20.8 Å². The number of hydrogen-bond donors (Lipinski definition) is 1. The van der Waals surface area contributed by atoms with Crippen LogP contribution in [0, 0.1) is 6.92 Å². The standard InChI is InChI=1S/C27H28O5/c1-14-8-15-10-22-16(11-21(15)31-24(14)29)9-19(25(30)32-22)18-12-17(26(2,3)4)13-20(23(18)28)27(5,6)7/h8-13,28H,1-7H3. The first-order chi connectivity index (χ1) is 14.8. The zero-order valence-corrected chi connectivity index (χ0v) is 19.5. The summed E-state index contributed by atoms with van der Waals surface area (Å²) in [5.74, 6) is 0.0695. The molecular weight excluding hydrogens is 404 g/mol. The van der Waals surface area contributed by atoms with Crippen LogP contribution in [0.1, 0.15) is 58.2 Å². The van der Waals surface area contributed by atoms with Crippen molar-refractivity contribution < 1.29 is 13.9 Å². The van der Waals surface area contributed by atoms with Gasteiger partial charge >= 0.3 is 11.3 Å². The van der Waals surface area contributed by atoms with Gasteiger partial charge in [0.2, 0.25) is 0 Å². The lowest BCUT2D eigenvalue weighted by Crippen LogP contribution is -2.17. The van der Waals surface area contributed by atoms with E-state index in [1.165, 1.54) is 0 Å². The van der Waals surface area contributed by atoms with Crippen molar-refractivity contribution in [3.63, 3.8) is 0 Å². The van der Waals surface area contributed by atoms with Gasteiger partial charge in [0.1, 0.15) is 16.9 Å². The molecule has 5 heteroatoms. The van der Waals surface area contributed by atoms with E-state index < -0.39 is 11.3 Å². The molecule has 0 saturated carbocycles. The molecule has 0 fully saturated rings. The molecule has 0 unspecified atom stereocenters. The van der Waals surface area contributed by atoms with Crippen LogP contribution in [0.5, 0.6) is 5.75 Å². The van der Waals surface area contributed by atoms with Crippen molar-refractivity contribution in [2.24, 2.45) is 0 Å². The molecule has 2 aromatic heterocycles. The van der Waals surface area contributed by atoms with Crippen LogP contribution in [-0.4, -0.2) is 5.11 Å². The van der Waals surface area contributed by atoms with Gasteiger partial charge in [0.15, 0.2) is 0 Å². The summed E-state index contributed by atoms with van der Waals surface area (Å²) in [6, 6.07) is 10.6. The van der Waals surface area contributed by atoms with Crippen molar-refractivity contribution in [1.29, 1.82) is 0 Å². The normalized spacial score (nSPS) is 12.6. The summed E-state index contributed by atoms with van der Waals surface area (Å²) < 4.78 is 11.0. The Morgan fingerprint density at radius 2 is 1.25 bits per heavy atom. The highest BCUT2D eigenvalue weighted by atomic mass is 16.4. The average molecular weight is 433 g/mol. The molecule has 4 rings (SSSR count). The Hall–Kier alpha value is -3.34. The minimum absolute atomic E-state index is 0.0695. The summed E-state index contributed by atoms with van der Waals surface area (Å²) in [5.41, 5.74) is 2.31. The third-order valence-corrected chi connectivity index (χ3v) is 5.84. The van der Waals surface area contributed by atoms with E-state index in [-0.39, 0.29) is 22.1 Å². The van der Waals surface area contributed by atoms with Crippen molar-refractivity contribution >= 4 is 21.9 Å². The van der Waals surface area contributed by atoms with Gasteiger partial charge in [-0.05, 0) is 53.6 Å². The van der Waals surface area contributed by atoms with Crippen LogP contribution in [0.2, 0.25) is 0 Å². The van der Waals surface area contributed by atoms with Gasteiger partial charge in [-0.25, -0.2) is 9.59 Å². The summed E-state index contributed by atoms with van der Waals surface area (Å²) in [6.45, 7) is 14.0. The molecular formula is C27H28O5. The fraction of sp³-hybridized carbons (Fsp3) is 0.333. The maximum atomic E-state index is 13.0. The minimum atomic E-state index is -0.535. The second kappa shape index (κ2) is 7.09. The monoisotopic (exact) mass is 432 g/mol. The van der Waals surface area contributed by atoms with Crippen LogP contribution in [0.15, 0.2) is 54.8 Å². The van der Waals surface area contributed by atoms with Crippen LogP contribution < -0.4 is 11.3 Å². The quantitative estimate of drug-likeness (QED) is 0.287. The SMILES string of the molecule is Cc1cc2cc3oc(=O)c(-c4cc(C(C)(C)C)cc(C(C)(C)C)c4O)cc3cc2oc1=O. The number of rotatable bonds is 1. The summed E-state index contributed by atoms with van der Waals surface area (Å²) in [7, 11) is 0. The van der Waals surface area contributed by atoms with E-state index >= 15 is 0 Å². The first-order valence-corrected chi connectivity index (χ1v) is 10.7. The molecule has 0 bridgehead atoms. The van der Waals surface area contributed by atoms with Crippen molar-refractivity contribution in [3.8, 4) is 16.9 Å². The Morgan fingerprint density at radius 1 is 0.688 bits per heavy atom. The minimum Gasteiger partial charge on any atom is -0.507 e. The largest absolute Gasteiger partial charge is 0.507 e. The molecule has 0 amide bonds. The molecule has 2 heterocycles. The fourth-order valence-electron chi connectivity index (χ4n) is 3.87.